The highest BCUT2D eigenvalue weighted by atomic mass is 16.5. The van der Waals surface area contributed by atoms with Crippen LogP contribution in [-0.4, -0.2) is 30.7 Å². The number of methoxy groups -OCH3 is 2. The Bertz CT molecular complexity index is 1100. The number of hydrogen-bond donors (Lipinski definition) is 0. The number of carbonyl (C=O) groups is 2. The quantitative estimate of drug-likeness (QED) is 0.211. The van der Waals surface area contributed by atoms with Crippen LogP contribution in [0.3, 0.4) is 0 Å². The van der Waals surface area contributed by atoms with Gasteiger partial charge in [-0.15, -0.1) is 0 Å². The first kappa shape index (κ1) is 18.8. The number of nitrogens with zero attached hydrogens (tertiary/aromatic N) is 4. The smallest absolute Gasteiger partial charge is 0.354 e. The maximum atomic E-state index is 12.2. The lowest BCUT2D eigenvalue weighted by molar-refractivity contribution is -0.136. The molecule has 0 aliphatic carbocycles. The zero-order chi connectivity index (χ0) is 20.1. The molecule has 142 valence electrons. The third kappa shape index (κ3) is 3.74. The van der Waals surface area contributed by atoms with Gasteiger partial charge in [-0.25, -0.2) is 9.59 Å². The first-order valence-electron chi connectivity index (χ1n) is 8.17. The van der Waals surface area contributed by atoms with Crippen LogP contribution in [-0.2, 0) is 20.8 Å². The van der Waals surface area contributed by atoms with Gasteiger partial charge in [-0.3, -0.25) is 0 Å². The number of furan rings is 1. The fraction of sp³-hybridized carbons (Fsp3) is 0.158. The van der Waals surface area contributed by atoms with Crippen molar-refractivity contribution in [1.82, 2.24) is 4.57 Å². The van der Waals surface area contributed by atoms with E-state index in [0.29, 0.717) is 23.3 Å². The number of aromatic nitrogens is 1. The topological polar surface area (TPSA) is 119 Å². The summed E-state index contributed by atoms with van der Waals surface area (Å²) in [5.41, 5.74) is 10.1. The highest BCUT2D eigenvalue weighted by molar-refractivity contribution is 5.96. The van der Waals surface area contributed by atoms with Crippen molar-refractivity contribution in [2.75, 3.05) is 14.2 Å². The van der Waals surface area contributed by atoms with Crippen molar-refractivity contribution >= 4 is 29.1 Å². The van der Waals surface area contributed by atoms with Crippen molar-refractivity contribution < 1.29 is 23.5 Å². The summed E-state index contributed by atoms with van der Waals surface area (Å²) < 4.78 is 16.9. The molecule has 28 heavy (non-hydrogen) atoms. The number of rotatable bonds is 6. The van der Waals surface area contributed by atoms with Gasteiger partial charge in [0.15, 0.2) is 0 Å². The van der Waals surface area contributed by atoms with Crippen molar-refractivity contribution in [3.8, 4) is 0 Å². The maximum Gasteiger partial charge on any atom is 0.354 e. The van der Waals surface area contributed by atoms with E-state index in [0.717, 1.165) is 5.56 Å². The molecule has 2 heterocycles. The Morgan fingerprint density at radius 1 is 1.21 bits per heavy atom. The van der Waals surface area contributed by atoms with Crippen LogP contribution in [0.25, 0.3) is 27.6 Å². The Balaban J connectivity index is 2.10. The first-order valence-corrected chi connectivity index (χ1v) is 8.17. The summed E-state index contributed by atoms with van der Waals surface area (Å²) in [5.74, 6) is -1.01. The van der Waals surface area contributed by atoms with Crippen molar-refractivity contribution in [3.05, 3.63) is 75.6 Å². The summed E-state index contributed by atoms with van der Waals surface area (Å²) in [5, 5.41) is 3.95. The van der Waals surface area contributed by atoms with Crippen LogP contribution in [0, 0.1) is 0 Å². The number of benzene rings is 1. The van der Waals surface area contributed by atoms with Gasteiger partial charge in [-0.05, 0) is 29.3 Å². The molecule has 0 fully saturated rings. The van der Waals surface area contributed by atoms with Crippen LogP contribution >= 0.6 is 0 Å². The van der Waals surface area contributed by atoms with Gasteiger partial charge < -0.3 is 18.5 Å². The zero-order valence-corrected chi connectivity index (χ0v) is 15.2. The molecule has 1 aromatic carbocycles. The Kier molecular flexibility index (Phi) is 5.48. The summed E-state index contributed by atoms with van der Waals surface area (Å²) in [4.78, 5) is 26.5. The Labute approximate surface area is 159 Å². The highest BCUT2D eigenvalue weighted by Crippen LogP contribution is 2.27. The van der Waals surface area contributed by atoms with Gasteiger partial charge in [0.05, 0.1) is 20.8 Å². The molecule has 0 radical (unpaired) electrons. The van der Waals surface area contributed by atoms with Gasteiger partial charge in [0.1, 0.15) is 17.2 Å². The Hall–Kier alpha value is -3.97. The average Bonchev–Trinajstić information content (AvgIpc) is 3.25. The molecule has 0 saturated heterocycles. The monoisotopic (exact) mass is 380 g/mol. The van der Waals surface area contributed by atoms with Gasteiger partial charge >= 0.3 is 11.9 Å². The fourth-order valence-electron chi connectivity index (χ4n) is 2.75. The molecule has 3 rings (SSSR count). The van der Waals surface area contributed by atoms with Crippen LogP contribution in [0.15, 0.2) is 57.7 Å². The molecular weight excluding hydrogens is 364 g/mol. The third-order valence-corrected chi connectivity index (χ3v) is 3.99. The van der Waals surface area contributed by atoms with Gasteiger partial charge in [0.25, 0.3) is 0 Å². The molecular formula is C19H16N4O5. The highest BCUT2D eigenvalue weighted by Gasteiger charge is 2.20. The number of esters is 2. The molecule has 0 unspecified atom stereocenters. The molecule has 0 amide bonds. The second kappa shape index (κ2) is 8.15. The lowest BCUT2D eigenvalue weighted by Gasteiger charge is -2.08. The van der Waals surface area contributed by atoms with Gasteiger partial charge in [0.2, 0.25) is 5.71 Å². The Morgan fingerprint density at radius 3 is 2.61 bits per heavy atom. The molecule has 2 aromatic heterocycles. The van der Waals surface area contributed by atoms with E-state index in [1.54, 1.807) is 16.7 Å². The maximum absolute atomic E-state index is 12.2. The van der Waals surface area contributed by atoms with E-state index in [4.69, 9.17) is 14.7 Å². The van der Waals surface area contributed by atoms with E-state index in [1.165, 1.54) is 20.3 Å². The summed E-state index contributed by atoms with van der Waals surface area (Å²) in [6.07, 6.45) is 1.27. The fourth-order valence-corrected chi connectivity index (χ4v) is 2.75. The van der Waals surface area contributed by atoms with E-state index < -0.39 is 11.9 Å². The number of ether oxygens (including phenoxy) is 2. The van der Waals surface area contributed by atoms with E-state index >= 15 is 0 Å². The lowest BCUT2D eigenvalue weighted by Crippen LogP contribution is -2.11. The number of carbonyl (C=O) groups excluding carboxylic acids is 2. The summed E-state index contributed by atoms with van der Waals surface area (Å²) >= 11 is 0. The second-order valence-electron chi connectivity index (χ2n) is 5.71. The molecule has 0 bridgehead atoms. The first-order chi connectivity index (χ1) is 13.6. The molecule has 9 nitrogen and oxygen atoms in total. The van der Waals surface area contributed by atoms with Crippen LogP contribution in [0.1, 0.15) is 21.8 Å². The molecule has 0 aliphatic rings. The molecule has 9 heteroatoms. The van der Waals surface area contributed by atoms with E-state index in [2.05, 4.69) is 14.8 Å². The van der Waals surface area contributed by atoms with Crippen molar-refractivity contribution in [2.45, 2.75) is 6.54 Å². The van der Waals surface area contributed by atoms with Crippen LogP contribution < -0.4 is 0 Å². The molecule has 0 saturated carbocycles. The van der Waals surface area contributed by atoms with Gasteiger partial charge in [-0.2, -0.15) is 0 Å². The Morgan fingerprint density at radius 2 is 1.96 bits per heavy atom. The third-order valence-electron chi connectivity index (χ3n) is 3.99. The van der Waals surface area contributed by atoms with E-state index in [1.807, 2.05) is 30.3 Å². The van der Waals surface area contributed by atoms with Crippen LogP contribution in [0.5, 0.6) is 0 Å². The molecule has 0 aliphatic heterocycles. The van der Waals surface area contributed by atoms with Gasteiger partial charge in [-0.1, -0.05) is 35.4 Å². The second-order valence-corrected chi connectivity index (χ2v) is 5.71. The predicted molar refractivity (Wildman–Crippen MR) is 100 cm³/mol. The zero-order valence-electron chi connectivity index (χ0n) is 15.2. The largest absolute Gasteiger partial charge is 0.466 e. The predicted octanol–water partition coefficient (Wildman–Crippen LogP) is 3.89. The van der Waals surface area contributed by atoms with E-state index in [9.17, 15) is 9.59 Å². The van der Waals surface area contributed by atoms with E-state index in [-0.39, 0.29) is 11.5 Å². The normalized spacial score (nSPS) is 11.1. The summed E-state index contributed by atoms with van der Waals surface area (Å²) in [6, 6.07) is 12.8. The minimum atomic E-state index is -0.790. The number of azide groups is 1. The van der Waals surface area contributed by atoms with Crippen LogP contribution in [0.4, 0.5) is 0 Å². The average molecular weight is 380 g/mol. The minimum absolute atomic E-state index is 0.246. The van der Waals surface area contributed by atoms with Crippen LogP contribution in [0.2, 0.25) is 0 Å². The van der Waals surface area contributed by atoms with Gasteiger partial charge in [0, 0.05) is 10.3 Å². The van der Waals surface area contributed by atoms with Crippen molar-refractivity contribution in [3.63, 3.8) is 0 Å². The van der Waals surface area contributed by atoms with Crippen molar-refractivity contribution in [1.29, 1.82) is 0 Å². The van der Waals surface area contributed by atoms with Crippen molar-refractivity contribution in [2.24, 2.45) is 5.11 Å². The summed E-state index contributed by atoms with van der Waals surface area (Å²) in [6.45, 7) is 0.381. The molecule has 0 atom stereocenters. The number of fused-ring (bicyclic) bond motifs is 1. The molecule has 0 N–H and O–H groups in total. The lowest BCUT2D eigenvalue weighted by atomic mass is 10.2. The standard InChI is InChI=1S/C19H16N4O5/c1-26-18(24)15(21-22-20)10-14-8-13-9-16(19(25)27-2)23(17(13)28-14)11-12-6-4-3-5-7-12/h3-10H,11H2,1-2H3/b15-10-. The SMILES string of the molecule is COC(=O)/C(=C/c1cc2cc(C(=O)OC)n(Cc3ccccc3)c2o1)N=[N+]=[N-]. The molecule has 3 aromatic rings. The number of hydrogen-bond acceptors (Lipinski definition) is 6. The molecule has 0 spiro atoms. The minimum Gasteiger partial charge on any atom is -0.466 e. The summed E-state index contributed by atoms with van der Waals surface area (Å²) in [7, 11) is 2.48.